The Kier molecular flexibility index (Phi) is 8.02. The number of alkyl halides is 3. The smallest absolute Gasteiger partial charge is 0.416 e. The summed E-state index contributed by atoms with van der Waals surface area (Å²) in [5.74, 6) is -0.126. The van der Waals surface area contributed by atoms with Crippen molar-refractivity contribution in [1.82, 2.24) is 9.88 Å². The predicted molar refractivity (Wildman–Crippen MR) is 145 cm³/mol. The minimum Gasteiger partial charge on any atom is -0.426 e. The third-order valence-corrected chi connectivity index (χ3v) is 8.15. The molecule has 0 aliphatic carbocycles. The highest BCUT2D eigenvalue weighted by Gasteiger charge is 2.32. The Morgan fingerprint density at radius 1 is 1.05 bits per heavy atom. The molecule has 2 heterocycles. The fraction of sp³-hybridized carbons (Fsp3) is 0.276. The van der Waals surface area contributed by atoms with E-state index in [2.05, 4.69) is 4.98 Å². The van der Waals surface area contributed by atoms with Crippen molar-refractivity contribution in [1.29, 1.82) is 0 Å². The molecule has 1 aliphatic rings. The summed E-state index contributed by atoms with van der Waals surface area (Å²) >= 11 is 7.52. The molecule has 0 radical (unpaired) electrons. The second kappa shape index (κ2) is 11.5. The van der Waals surface area contributed by atoms with Gasteiger partial charge in [-0.25, -0.2) is 4.98 Å². The van der Waals surface area contributed by atoms with Crippen molar-refractivity contribution in [3.8, 4) is 5.75 Å². The molecule has 0 spiro atoms. The van der Waals surface area contributed by atoms with Crippen LogP contribution in [-0.4, -0.2) is 41.3 Å². The topological polar surface area (TPSA) is 59.5 Å². The molecule has 39 heavy (non-hydrogen) atoms. The third-order valence-electron chi connectivity index (χ3n) is 6.77. The lowest BCUT2D eigenvalue weighted by Crippen LogP contribution is -2.37. The maximum absolute atomic E-state index is 13.1. The van der Waals surface area contributed by atoms with Crippen molar-refractivity contribution in [2.24, 2.45) is 0 Å². The van der Waals surface area contributed by atoms with Gasteiger partial charge in [-0.15, -0.1) is 11.3 Å². The highest BCUT2D eigenvalue weighted by molar-refractivity contribution is 7.09. The molecule has 10 heteroatoms. The molecule has 1 aromatic heterocycles. The van der Waals surface area contributed by atoms with Crippen LogP contribution >= 0.6 is 22.9 Å². The summed E-state index contributed by atoms with van der Waals surface area (Å²) in [6, 6.07) is 16.1. The number of halogens is 4. The molecule has 5 nitrogen and oxygen atoms in total. The fourth-order valence-corrected chi connectivity index (χ4v) is 5.94. The fourth-order valence-electron chi connectivity index (χ4n) is 4.72. The van der Waals surface area contributed by atoms with Crippen LogP contribution in [0.5, 0.6) is 5.75 Å². The average Bonchev–Trinajstić information content (AvgIpc) is 3.37. The number of likely N-dealkylation sites (tertiary alicyclic amines) is 1. The molecule has 5 rings (SSSR count). The number of carbonyl (C=O) groups excluding carboxylic acids is 2. The summed E-state index contributed by atoms with van der Waals surface area (Å²) in [7, 11) is 0. The summed E-state index contributed by atoms with van der Waals surface area (Å²) < 4.78 is 44.8. The van der Waals surface area contributed by atoms with Gasteiger partial charge in [0.05, 0.1) is 34.3 Å². The molecule has 0 saturated carbocycles. The number of aromatic nitrogens is 1. The van der Waals surface area contributed by atoms with E-state index in [4.69, 9.17) is 16.3 Å². The van der Waals surface area contributed by atoms with E-state index in [-0.39, 0.29) is 35.4 Å². The van der Waals surface area contributed by atoms with E-state index in [1.807, 2.05) is 46.7 Å². The van der Waals surface area contributed by atoms with Gasteiger partial charge in [-0.05, 0) is 55.6 Å². The SMILES string of the molecule is O=C(Cc1csc(C2CCN(CC(=O)c3cc(C(F)(F)F)ccc3Cl)CC2)n1)Oc1cccc2ccccc12. The van der Waals surface area contributed by atoms with Crippen LogP contribution in [0.25, 0.3) is 10.8 Å². The molecule has 1 fully saturated rings. The maximum atomic E-state index is 13.1. The van der Waals surface area contributed by atoms with E-state index in [9.17, 15) is 22.8 Å². The lowest BCUT2D eigenvalue weighted by atomic mass is 9.97. The maximum Gasteiger partial charge on any atom is 0.416 e. The van der Waals surface area contributed by atoms with Crippen LogP contribution in [0.2, 0.25) is 5.02 Å². The Balaban J connectivity index is 1.14. The van der Waals surface area contributed by atoms with Crippen LogP contribution in [0.4, 0.5) is 13.2 Å². The second-order valence-corrected chi connectivity index (χ2v) is 10.8. The average molecular weight is 573 g/mol. The van der Waals surface area contributed by atoms with Crippen molar-refractivity contribution in [2.45, 2.75) is 31.4 Å². The lowest BCUT2D eigenvalue weighted by molar-refractivity contribution is -0.137. The van der Waals surface area contributed by atoms with Gasteiger partial charge in [0.2, 0.25) is 0 Å². The molecule has 3 aromatic carbocycles. The number of fused-ring (bicyclic) bond motifs is 1. The standard InChI is InChI=1S/C29H24ClF3N2O3S/c30-24-9-8-20(29(31,32)33)14-23(24)25(36)16-35-12-10-19(11-13-35)28-34-21(17-39-28)15-27(37)38-26-7-3-5-18-4-1-2-6-22(18)26/h1-9,14,17,19H,10-13,15-16H2. The van der Waals surface area contributed by atoms with Gasteiger partial charge in [-0.1, -0.05) is 48.0 Å². The first-order valence-corrected chi connectivity index (χ1v) is 13.7. The molecule has 0 unspecified atom stereocenters. The van der Waals surface area contributed by atoms with Crippen LogP contribution in [0.15, 0.2) is 66.0 Å². The Morgan fingerprint density at radius 3 is 2.56 bits per heavy atom. The van der Waals surface area contributed by atoms with Gasteiger partial charge >= 0.3 is 12.1 Å². The minimum atomic E-state index is -4.54. The molecular formula is C29H24ClF3N2O3S. The first-order chi connectivity index (χ1) is 18.7. The summed E-state index contributed by atoms with van der Waals surface area (Å²) in [6.07, 6.45) is -2.99. The molecule has 0 amide bonds. The Morgan fingerprint density at radius 2 is 1.79 bits per heavy atom. The van der Waals surface area contributed by atoms with Crippen molar-refractivity contribution < 1.29 is 27.5 Å². The van der Waals surface area contributed by atoms with Gasteiger partial charge < -0.3 is 4.74 Å². The third kappa shape index (κ3) is 6.49. The second-order valence-electron chi connectivity index (χ2n) is 9.47. The highest BCUT2D eigenvalue weighted by Crippen LogP contribution is 2.33. The number of thiazole rings is 1. The van der Waals surface area contributed by atoms with Gasteiger partial charge in [-0.2, -0.15) is 13.2 Å². The zero-order valence-corrected chi connectivity index (χ0v) is 22.3. The van der Waals surface area contributed by atoms with Crippen LogP contribution in [0.3, 0.4) is 0 Å². The molecule has 1 saturated heterocycles. The molecule has 0 atom stereocenters. The normalized spacial score (nSPS) is 15.0. The van der Waals surface area contributed by atoms with Gasteiger partial charge in [0.1, 0.15) is 5.75 Å². The Bertz CT molecular complexity index is 1510. The number of ether oxygens (including phenoxy) is 1. The number of rotatable bonds is 7. The van der Waals surface area contributed by atoms with E-state index in [0.717, 1.165) is 46.8 Å². The number of nitrogens with zero attached hydrogens (tertiary/aromatic N) is 2. The predicted octanol–water partition coefficient (Wildman–Crippen LogP) is 7.18. The Hall–Kier alpha value is -3.27. The van der Waals surface area contributed by atoms with Crippen LogP contribution in [0, 0.1) is 0 Å². The number of Topliss-reactive ketones (excluding diaryl/α,β-unsaturated/α-hetero) is 1. The van der Waals surface area contributed by atoms with Gasteiger partial charge in [-0.3, -0.25) is 14.5 Å². The molecule has 4 aromatic rings. The molecule has 202 valence electrons. The summed E-state index contributed by atoms with van der Waals surface area (Å²) in [5, 5.41) is 4.66. The number of piperidine rings is 1. The zero-order chi connectivity index (χ0) is 27.6. The lowest BCUT2D eigenvalue weighted by Gasteiger charge is -2.30. The first kappa shape index (κ1) is 27.3. The van der Waals surface area contributed by atoms with Gasteiger partial charge in [0.25, 0.3) is 0 Å². The van der Waals surface area contributed by atoms with E-state index >= 15 is 0 Å². The van der Waals surface area contributed by atoms with Gasteiger partial charge in [0.15, 0.2) is 5.78 Å². The van der Waals surface area contributed by atoms with Crippen LogP contribution in [0.1, 0.15) is 45.4 Å². The largest absolute Gasteiger partial charge is 0.426 e. The van der Waals surface area contributed by atoms with Crippen molar-refractivity contribution in [3.05, 3.63) is 92.9 Å². The Labute approximate surface area is 232 Å². The first-order valence-electron chi connectivity index (χ1n) is 12.4. The number of benzene rings is 3. The van der Waals surface area contributed by atoms with Crippen molar-refractivity contribution in [2.75, 3.05) is 19.6 Å². The number of hydrogen-bond donors (Lipinski definition) is 0. The number of carbonyl (C=O) groups is 2. The summed E-state index contributed by atoms with van der Waals surface area (Å²) in [4.78, 5) is 31.9. The van der Waals surface area contributed by atoms with E-state index in [1.54, 1.807) is 6.07 Å². The molecular weight excluding hydrogens is 549 g/mol. The van der Waals surface area contributed by atoms with Gasteiger partial charge in [0, 0.05) is 22.2 Å². The number of esters is 1. The van der Waals surface area contributed by atoms with Crippen molar-refractivity contribution >= 4 is 45.5 Å². The summed E-state index contributed by atoms with van der Waals surface area (Å²) in [6.45, 7) is 1.20. The molecule has 0 N–H and O–H groups in total. The zero-order valence-electron chi connectivity index (χ0n) is 20.7. The van der Waals surface area contributed by atoms with Crippen LogP contribution in [-0.2, 0) is 17.4 Å². The minimum absolute atomic E-state index is 0.00310. The summed E-state index contributed by atoms with van der Waals surface area (Å²) in [5.41, 5.74) is -0.361. The number of hydrogen-bond acceptors (Lipinski definition) is 6. The number of ketones is 1. The highest BCUT2D eigenvalue weighted by atomic mass is 35.5. The monoisotopic (exact) mass is 572 g/mol. The van der Waals surface area contributed by atoms with Crippen molar-refractivity contribution in [3.63, 3.8) is 0 Å². The molecule has 1 aliphatic heterocycles. The van der Waals surface area contributed by atoms with E-state index < -0.39 is 17.5 Å². The van der Waals surface area contributed by atoms with E-state index in [0.29, 0.717) is 24.5 Å². The quantitative estimate of drug-likeness (QED) is 0.133. The van der Waals surface area contributed by atoms with E-state index in [1.165, 1.54) is 11.3 Å². The van der Waals surface area contributed by atoms with Crippen LogP contribution < -0.4 is 4.74 Å². The molecule has 0 bridgehead atoms.